The summed E-state index contributed by atoms with van der Waals surface area (Å²) in [7, 11) is 1.27. The minimum Gasteiger partial charge on any atom is -0.490 e. The monoisotopic (exact) mass is 541 g/mol. The molecule has 0 unspecified atom stereocenters. The molecule has 0 aromatic heterocycles. The predicted molar refractivity (Wildman–Crippen MR) is 130 cm³/mol. The van der Waals surface area contributed by atoms with E-state index in [-0.39, 0.29) is 23.3 Å². The van der Waals surface area contributed by atoms with E-state index in [1.807, 2.05) is 31.2 Å². The number of hydrogen-bond acceptors (Lipinski definition) is 7. The lowest BCUT2D eigenvalue weighted by Gasteiger charge is -2.14. The Morgan fingerprint density at radius 3 is 2.61 bits per heavy atom. The van der Waals surface area contributed by atoms with Crippen LogP contribution in [0.1, 0.15) is 12.5 Å². The van der Waals surface area contributed by atoms with Crippen LogP contribution in [0.4, 0.5) is 5.69 Å². The Morgan fingerprint density at radius 1 is 1.26 bits per heavy atom. The summed E-state index contributed by atoms with van der Waals surface area (Å²) in [4.78, 5) is 26.3. The molecule has 0 spiro atoms. The Morgan fingerprint density at radius 2 is 1.97 bits per heavy atom. The van der Waals surface area contributed by atoms with Gasteiger partial charge in [-0.1, -0.05) is 51.5 Å². The summed E-state index contributed by atoms with van der Waals surface area (Å²) in [5, 5.41) is 0.240. The van der Waals surface area contributed by atoms with E-state index in [0.717, 1.165) is 4.47 Å². The minimum atomic E-state index is -0.542. The molecule has 10 heteroatoms. The fraction of sp³-hybridized carbons (Fsp3) is 0.190. The molecule has 162 valence electrons. The van der Waals surface area contributed by atoms with Crippen LogP contribution in [0.5, 0.6) is 11.5 Å². The Hall–Kier alpha value is -2.07. The van der Waals surface area contributed by atoms with Crippen molar-refractivity contribution in [2.45, 2.75) is 6.92 Å². The van der Waals surface area contributed by atoms with Crippen LogP contribution in [0.2, 0.25) is 5.02 Å². The van der Waals surface area contributed by atoms with E-state index >= 15 is 0 Å². The van der Waals surface area contributed by atoms with E-state index in [2.05, 4.69) is 20.7 Å². The number of benzene rings is 2. The highest BCUT2D eigenvalue weighted by Crippen LogP contribution is 2.40. The zero-order valence-corrected chi connectivity index (χ0v) is 20.5. The number of ether oxygens (including phenoxy) is 3. The van der Waals surface area contributed by atoms with E-state index in [4.69, 9.17) is 33.3 Å². The number of esters is 1. The van der Waals surface area contributed by atoms with Crippen LogP contribution in [0.3, 0.4) is 0 Å². The third kappa shape index (κ3) is 5.60. The van der Waals surface area contributed by atoms with Gasteiger partial charge < -0.3 is 14.2 Å². The Kier molecular flexibility index (Phi) is 7.99. The molecule has 1 aliphatic rings. The molecule has 0 N–H and O–H groups in total. The Labute approximate surface area is 202 Å². The van der Waals surface area contributed by atoms with E-state index in [0.29, 0.717) is 32.8 Å². The smallest absolute Gasteiger partial charge is 0.343 e. The van der Waals surface area contributed by atoms with Gasteiger partial charge in [0.05, 0.1) is 29.3 Å². The van der Waals surface area contributed by atoms with E-state index in [1.165, 1.54) is 23.8 Å². The molecule has 0 radical (unpaired) electrons. The fourth-order valence-electron chi connectivity index (χ4n) is 2.70. The number of halogens is 2. The Bertz CT molecular complexity index is 1060. The lowest BCUT2D eigenvalue weighted by atomic mass is 10.1. The van der Waals surface area contributed by atoms with Gasteiger partial charge >= 0.3 is 5.97 Å². The van der Waals surface area contributed by atoms with Gasteiger partial charge in [0.15, 0.2) is 22.4 Å². The van der Waals surface area contributed by atoms with Crippen LogP contribution in [0.25, 0.3) is 6.08 Å². The van der Waals surface area contributed by atoms with Crippen molar-refractivity contribution in [1.82, 2.24) is 0 Å². The molecular weight excluding hydrogens is 526 g/mol. The van der Waals surface area contributed by atoms with Gasteiger partial charge in [-0.3, -0.25) is 9.69 Å². The second-order valence-electron chi connectivity index (χ2n) is 6.12. The average Bonchev–Trinajstić information content (AvgIpc) is 3.01. The third-order valence-electron chi connectivity index (χ3n) is 4.07. The van der Waals surface area contributed by atoms with Crippen molar-refractivity contribution >= 4 is 79.5 Å². The van der Waals surface area contributed by atoms with Crippen molar-refractivity contribution in [2.24, 2.45) is 0 Å². The summed E-state index contributed by atoms with van der Waals surface area (Å²) < 4.78 is 17.0. The summed E-state index contributed by atoms with van der Waals surface area (Å²) in [6.45, 7) is 1.87. The first-order valence-electron chi connectivity index (χ1n) is 9.03. The zero-order chi connectivity index (χ0) is 22.5. The van der Waals surface area contributed by atoms with Crippen LogP contribution < -0.4 is 14.4 Å². The number of methoxy groups -OCH3 is 1. The predicted octanol–water partition coefficient (Wildman–Crippen LogP) is 5.46. The van der Waals surface area contributed by atoms with E-state index in [9.17, 15) is 9.59 Å². The number of thioether (sulfide) groups is 1. The highest BCUT2D eigenvalue weighted by Gasteiger charge is 2.33. The maximum absolute atomic E-state index is 13.0. The second kappa shape index (κ2) is 10.5. The maximum atomic E-state index is 13.0. The Balaban J connectivity index is 1.90. The molecule has 1 fully saturated rings. The summed E-state index contributed by atoms with van der Waals surface area (Å²) in [6.07, 6.45) is 1.69. The summed E-state index contributed by atoms with van der Waals surface area (Å²) >= 11 is 16.4. The van der Waals surface area contributed by atoms with Crippen molar-refractivity contribution < 1.29 is 23.8 Å². The average molecular weight is 543 g/mol. The summed E-state index contributed by atoms with van der Waals surface area (Å²) in [5.41, 5.74) is 1.32. The summed E-state index contributed by atoms with van der Waals surface area (Å²) in [6, 6.07) is 10.6. The molecule has 2 aromatic carbocycles. The molecule has 0 saturated carbocycles. The largest absolute Gasteiger partial charge is 0.490 e. The number of hydrogen-bond donors (Lipinski definition) is 0. The van der Waals surface area contributed by atoms with Gasteiger partial charge in [-0.25, -0.2) is 4.79 Å². The molecule has 31 heavy (non-hydrogen) atoms. The lowest BCUT2D eigenvalue weighted by molar-refractivity contribution is -0.142. The molecule has 6 nitrogen and oxygen atoms in total. The number of amides is 1. The number of rotatable bonds is 7. The zero-order valence-electron chi connectivity index (χ0n) is 16.5. The second-order valence-corrected chi connectivity index (χ2v) is 9.12. The van der Waals surface area contributed by atoms with Crippen LogP contribution in [0.15, 0.2) is 45.8 Å². The SMILES string of the molecule is CCOc1cc(/C=C2\SC(=S)N(c3ccc(Br)cc3)C2=O)cc(Cl)c1OCC(=O)OC. The minimum absolute atomic E-state index is 0.225. The van der Waals surface area contributed by atoms with Crippen LogP contribution >= 0.6 is 51.5 Å². The van der Waals surface area contributed by atoms with Crippen molar-refractivity contribution in [2.75, 3.05) is 25.2 Å². The molecule has 1 heterocycles. The molecule has 1 saturated heterocycles. The first-order chi connectivity index (χ1) is 14.8. The van der Waals surface area contributed by atoms with Gasteiger partial charge in [-0.05, 0) is 55.0 Å². The molecule has 0 aliphatic carbocycles. The van der Waals surface area contributed by atoms with Gasteiger partial charge in [-0.2, -0.15) is 0 Å². The molecule has 1 amide bonds. The van der Waals surface area contributed by atoms with Crippen molar-refractivity contribution in [1.29, 1.82) is 0 Å². The van der Waals surface area contributed by atoms with Gasteiger partial charge in [0.1, 0.15) is 0 Å². The highest BCUT2D eigenvalue weighted by molar-refractivity contribution is 9.10. The number of thiocarbonyl (C=S) groups is 1. The van der Waals surface area contributed by atoms with Gasteiger partial charge in [0.2, 0.25) is 0 Å². The first-order valence-corrected chi connectivity index (χ1v) is 11.4. The molecule has 0 bridgehead atoms. The number of anilines is 1. The van der Waals surface area contributed by atoms with E-state index < -0.39 is 5.97 Å². The topological polar surface area (TPSA) is 65.1 Å². The van der Waals surface area contributed by atoms with Crippen LogP contribution in [0, 0.1) is 0 Å². The molecule has 3 rings (SSSR count). The van der Waals surface area contributed by atoms with Gasteiger partial charge in [0, 0.05) is 4.47 Å². The standard InChI is InChI=1S/C21H17BrClNO5S2/c1-3-28-16-9-12(8-15(23)19(16)29-11-18(25)27-2)10-17-20(26)24(21(30)31-17)14-6-4-13(22)5-7-14/h4-10H,3,11H2,1-2H3/b17-10-. The first kappa shape index (κ1) is 23.6. The molecule has 2 aromatic rings. The normalized spacial score (nSPS) is 14.8. The molecular formula is C21H17BrClNO5S2. The van der Waals surface area contributed by atoms with Crippen LogP contribution in [-0.2, 0) is 14.3 Å². The van der Waals surface area contributed by atoms with Crippen LogP contribution in [-0.4, -0.2) is 36.5 Å². The highest BCUT2D eigenvalue weighted by atomic mass is 79.9. The van der Waals surface area contributed by atoms with Crippen molar-refractivity contribution in [3.05, 3.63) is 56.4 Å². The molecule has 0 atom stereocenters. The number of carbonyl (C=O) groups excluding carboxylic acids is 2. The van der Waals surface area contributed by atoms with Crippen molar-refractivity contribution in [3.8, 4) is 11.5 Å². The third-order valence-corrected chi connectivity index (χ3v) is 6.18. The number of carbonyl (C=O) groups is 2. The van der Waals surface area contributed by atoms with Gasteiger partial charge in [-0.15, -0.1) is 0 Å². The quantitative estimate of drug-likeness (QED) is 0.262. The summed E-state index contributed by atoms with van der Waals surface area (Å²) in [5.74, 6) is -0.182. The van der Waals surface area contributed by atoms with E-state index in [1.54, 1.807) is 18.2 Å². The van der Waals surface area contributed by atoms with Gasteiger partial charge in [0.25, 0.3) is 5.91 Å². The maximum Gasteiger partial charge on any atom is 0.343 e. The molecule has 1 aliphatic heterocycles. The lowest BCUT2D eigenvalue weighted by Crippen LogP contribution is -2.27. The fourth-order valence-corrected chi connectivity index (χ4v) is 4.53. The number of nitrogens with zero attached hydrogens (tertiary/aromatic N) is 1. The van der Waals surface area contributed by atoms with Crippen molar-refractivity contribution in [3.63, 3.8) is 0 Å².